The van der Waals surface area contributed by atoms with Crippen molar-refractivity contribution >= 4 is 11.9 Å². The molecule has 0 radical (unpaired) electrons. The van der Waals surface area contributed by atoms with Crippen molar-refractivity contribution in [2.75, 3.05) is 5.32 Å². The maximum atomic E-state index is 12.2. The van der Waals surface area contributed by atoms with E-state index in [-0.39, 0.29) is 5.91 Å². The molecule has 6 heteroatoms. The summed E-state index contributed by atoms with van der Waals surface area (Å²) in [6, 6.07) is 5.79. The number of pyridine rings is 1. The zero-order valence-electron chi connectivity index (χ0n) is 12.3. The Bertz CT molecular complexity index is 625. The van der Waals surface area contributed by atoms with Gasteiger partial charge in [0, 0.05) is 31.2 Å². The summed E-state index contributed by atoms with van der Waals surface area (Å²) in [5, 5.41) is 6.15. The predicted molar refractivity (Wildman–Crippen MR) is 83.3 cm³/mol. The third-order valence-electron chi connectivity index (χ3n) is 3.78. The van der Waals surface area contributed by atoms with Crippen LogP contribution in [0.3, 0.4) is 0 Å². The number of aromatic nitrogens is 3. The van der Waals surface area contributed by atoms with Gasteiger partial charge >= 0.3 is 0 Å². The van der Waals surface area contributed by atoms with Crippen molar-refractivity contribution in [2.24, 2.45) is 0 Å². The average Bonchev–Trinajstić information content (AvgIpc) is 3.07. The van der Waals surface area contributed by atoms with Crippen LogP contribution in [-0.4, -0.2) is 26.9 Å². The zero-order valence-corrected chi connectivity index (χ0v) is 12.3. The van der Waals surface area contributed by atoms with Crippen LogP contribution in [0.4, 0.5) is 5.95 Å². The Hall–Kier alpha value is -2.50. The second-order valence-corrected chi connectivity index (χ2v) is 5.43. The van der Waals surface area contributed by atoms with Gasteiger partial charge in [0.15, 0.2) is 0 Å². The van der Waals surface area contributed by atoms with Crippen LogP contribution in [0, 0.1) is 0 Å². The third kappa shape index (κ3) is 3.78. The van der Waals surface area contributed by atoms with Gasteiger partial charge in [-0.3, -0.25) is 9.78 Å². The molecule has 114 valence electrons. The second-order valence-electron chi connectivity index (χ2n) is 5.43. The average molecular weight is 297 g/mol. The molecule has 1 amide bonds. The molecule has 0 unspecified atom stereocenters. The SMILES string of the molecule is O=C(NCc1ccncc1)c1ccnc(NC2CCCC2)n1. The van der Waals surface area contributed by atoms with E-state index in [2.05, 4.69) is 25.6 Å². The van der Waals surface area contributed by atoms with E-state index >= 15 is 0 Å². The number of carbonyl (C=O) groups excluding carboxylic acids is 1. The van der Waals surface area contributed by atoms with E-state index < -0.39 is 0 Å². The van der Waals surface area contributed by atoms with Crippen molar-refractivity contribution < 1.29 is 4.79 Å². The molecular weight excluding hydrogens is 278 g/mol. The molecule has 3 rings (SSSR count). The molecule has 2 N–H and O–H groups in total. The molecule has 22 heavy (non-hydrogen) atoms. The lowest BCUT2D eigenvalue weighted by Crippen LogP contribution is -2.25. The van der Waals surface area contributed by atoms with Crippen LogP contribution in [0.25, 0.3) is 0 Å². The summed E-state index contributed by atoms with van der Waals surface area (Å²) in [6.07, 6.45) is 9.79. The molecule has 0 aliphatic heterocycles. The molecule has 2 heterocycles. The number of carbonyl (C=O) groups is 1. The number of hydrogen-bond donors (Lipinski definition) is 2. The van der Waals surface area contributed by atoms with Gasteiger partial charge in [-0.25, -0.2) is 9.97 Å². The van der Waals surface area contributed by atoms with Gasteiger partial charge in [0.1, 0.15) is 5.69 Å². The summed E-state index contributed by atoms with van der Waals surface area (Å²) in [4.78, 5) is 24.6. The van der Waals surface area contributed by atoms with E-state index in [0.717, 1.165) is 18.4 Å². The number of hydrogen-bond acceptors (Lipinski definition) is 5. The Morgan fingerprint density at radius 3 is 2.68 bits per heavy atom. The van der Waals surface area contributed by atoms with Crippen LogP contribution in [0.2, 0.25) is 0 Å². The third-order valence-corrected chi connectivity index (χ3v) is 3.78. The van der Waals surface area contributed by atoms with E-state index in [0.29, 0.717) is 24.2 Å². The topological polar surface area (TPSA) is 79.8 Å². The van der Waals surface area contributed by atoms with E-state index in [1.165, 1.54) is 12.8 Å². The highest BCUT2D eigenvalue weighted by molar-refractivity contribution is 5.92. The number of amides is 1. The first-order valence-electron chi connectivity index (χ1n) is 7.58. The fourth-order valence-electron chi connectivity index (χ4n) is 2.58. The van der Waals surface area contributed by atoms with Gasteiger partial charge in [-0.15, -0.1) is 0 Å². The number of nitrogens with zero attached hydrogens (tertiary/aromatic N) is 3. The molecule has 1 aliphatic rings. The van der Waals surface area contributed by atoms with Crippen molar-refractivity contribution in [3.8, 4) is 0 Å². The van der Waals surface area contributed by atoms with Crippen LogP contribution in [0.1, 0.15) is 41.7 Å². The Morgan fingerprint density at radius 2 is 1.91 bits per heavy atom. The van der Waals surface area contributed by atoms with Gasteiger partial charge in [-0.05, 0) is 36.6 Å². The van der Waals surface area contributed by atoms with Crippen LogP contribution < -0.4 is 10.6 Å². The summed E-state index contributed by atoms with van der Waals surface area (Å²) < 4.78 is 0. The van der Waals surface area contributed by atoms with Crippen LogP contribution >= 0.6 is 0 Å². The second kappa shape index (κ2) is 6.98. The minimum Gasteiger partial charge on any atom is -0.351 e. The normalized spacial score (nSPS) is 14.7. The van der Waals surface area contributed by atoms with Gasteiger partial charge in [0.25, 0.3) is 5.91 Å². The molecule has 0 spiro atoms. The first-order chi connectivity index (χ1) is 10.8. The lowest BCUT2D eigenvalue weighted by Gasteiger charge is -2.12. The highest BCUT2D eigenvalue weighted by Crippen LogP contribution is 2.20. The largest absolute Gasteiger partial charge is 0.351 e. The lowest BCUT2D eigenvalue weighted by atomic mass is 10.2. The summed E-state index contributed by atoms with van der Waals surface area (Å²) in [5.74, 6) is 0.331. The van der Waals surface area contributed by atoms with Crippen molar-refractivity contribution in [3.63, 3.8) is 0 Å². The Balaban J connectivity index is 1.59. The molecule has 2 aromatic rings. The van der Waals surface area contributed by atoms with Crippen molar-refractivity contribution in [1.82, 2.24) is 20.3 Å². The molecule has 0 saturated heterocycles. The molecule has 2 aromatic heterocycles. The smallest absolute Gasteiger partial charge is 0.270 e. The van der Waals surface area contributed by atoms with Crippen LogP contribution in [0.15, 0.2) is 36.8 Å². The van der Waals surface area contributed by atoms with Crippen LogP contribution in [-0.2, 0) is 6.54 Å². The van der Waals surface area contributed by atoms with E-state index in [4.69, 9.17) is 0 Å². The number of nitrogens with one attached hydrogen (secondary N) is 2. The highest BCUT2D eigenvalue weighted by Gasteiger charge is 2.16. The van der Waals surface area contributed by atoms with Gasteiger partial charge in [-0.2, -0.15) is 0 Å². The van der Waals surface area contributed by atoms with Crippen molar-refractivity contribution in [2.45, 2.75) is 38.3 Å². The minimum atomic E-state index is -0.200. The molecule has 6 nitrogen and oxygen atoms in total. The molecular formula is C16H19N5O. The lowest BCUT2D eigenvalue weighted by molar-refractivity contribution is 0.0946. The number of anilines is 1. The van der Waals surface area contributed by atoms with E-state index in [9.17, 15) is 4.79 Å². The first-order valence-corrected chi connectivity index (χ1v) is 7.58. The molecule has 0 aromatic carbocycles. The summed E-state index contributed by atoms with van der Waals surface area (Å²) in [6.45, 7) is 0.455. The molecule has 0 atom stereocenters. The Morgan fingerprint density at radius 1 is 1.14 bits per heavy atom. The monoisotopic (exact) mass is 297 g/mol. The van der Waals surface area contributed by atoms with Gasteiger partial charge in [0.05, 0.1) is 0 Å². The molecule has 1 saturated carbocycles. The predicted octanol–water partition coefficient (Wildman–Crippen LogP) is 2.16. The highest BCUT2D eigenvalue weighted by atomic mass is 16.1. The van der Waals surface area contributed by atoms with Crippen LogP contribution in [0.5, 0.6) is 0 Å². The molecule has 1 aliphatic carbocycles. The zero-order chi connectivity index (χ0) is 15.2. The van der Waals surface area contributed by atoms with Crippen molar-refractivity contribution in [1.29, 1.82) is 0 Å². The fraction of sp³-hybridized carbons (Fsp3) is 0.375. The number of rotatable bonds is 5. The van der Waals surface area contributed by atoms with Gasteiger partial charge in [0.2, 0.25) is 5.95 Å². The van der Waals surface area contributed by atoms with Gasteiger partial charge in [-0.1, -0.05) is 12.8 Å². The minimum absolute atomic E-state index is 0.200. The Labute approximate surface area is 129 Å². The fourth-order valence-corrected chi connectivity index (χ4v) is 2.58. The van der Waals surface area contributed by atoms with Crippen molar-refractivity contribution in [3.05, 3.63) is 48.0 Å². The summed E-state index contributed by atoms with van der Waals surface area (Å²) in [7, 11) is 0. The maximum Gasteiger partial charge on any atom is 0.270 e. The molecule has 0 bridgehead atoms. The standard InChI is InChI=1S/C16H19N5O/c22-15(19-11-12-5-8-17-9-6-12)14-7-10-18-16(21-14)20-13-3-1-2-4-13/h5-10,13H,1-4,11H2,(H,19,22)(H,18,20,21). The maximum absolute atomic E-state index is 12.2. The van der Waals surface area contributed by atoms with Gasteiger partial charge < -0.3 is 10.6 Å². The Kier molecular flexibility index (Phi) is 4.58. The molecule has 1 fully saturated rings. The van der Waals surface area contributed by atoms with E-state index in [1.807, 2.05) is 12.1 Å². The summed E-state index contributed by atoms with van der Waals surface area (Å²) in [5.41, 5.74) is 1.38. The first kappa shape index (κ1) is 14.4. The van der Waals surface area contributed by atoms with E-state index in [1.54, 1.807) is 24.7 Å². The summed E-state index contributed by atoms with van der Waals surface area (Å²) >= 11 is 0. The quantitative estimate of drug-likeness (QED) is 0.884.